The highest BCUT2D eigenvalue weighted by Crippen LogP contribution is 2.17. The van der Waals surface area contributed by atoms with E-state index in [1.54, 1.807) is 11.3 Å². The second-order valence-electron chi connectivity index (χ2n) is 4.43. The lowest BCUT2D eigenvalue weighted by Gasteiger charge is -2.15. The van der Waals surface area contributed by atoms with Crippen molar-refractivity contribution in [2.75, 3.05) is 21.1 Å². The molecule has 138 valence electrons. The highest BCUT2D eigenvalue weighted by molar-refractivity contribution is 7.10. The van der Waals surface area contributed by atoms with Crippen LogP contribution in [0.25, 0.3) is 0 Å². The van der Waals surface area contributed by atoms with Crippen molar-refractivity contribution in [1.29, 1.82) is 0 Å². The van der Waals surface area contributed by atoms with Gasteiger partial charge in [0.15, 0.2) is 0 Å². The Kier molecular flexibility index (Phi) is 14.8. The molecule has 0 radical (unpaired) electrons. The van der Waals surface area contributed by atoms with Crippen molar-refractivity contribution >= 4 is 29.1 Å². The Balaban J connectivity index is 0. The molecule has 8 nitrogen and oxygen atoms in total. The fourth-order valence-electron chi connectivity index (χ4n) is 1.74. The van der Waals surface area contributed by atoms with Crippen molar-refractivity contribution in [3.63, 3.8) is 0 Å². The Morgan fingerprint density at radius 2 is 1.79 bits per heavy atom. The Labute approximate surface area is 147 Å². The predicted octanol–water partition coefficient (Wildman–Crippen LogP) is -0.755. The Morgan fingerprint density at radius 3 is 2.21 bits per heavy atom. The van der Waals surface area contributed by atoms with Gasteiger partial charge in [-0.3, -0.25) is 14.4 Å². The largest absolute Gasteiger partial charge is 0.370 e. The molecule has 1 aromatic rings. The van der Waals surface area contributed by atoms with Gasteiger partial charge in [0.1, 0.15) is 6.04 Å². The number of rotatable bonds is 7. The Bertz CT molecular complexity index is 505. The van der Waals surface area contributed by atoms with Crippen LogP contribution in [0.3, 0.4) is 0 Å². The van der Waals surface area contributed by atoms with Gasteiger partial charge in [-0.2, -0.15) is 0 Å². The Morgan fingerprint density at radius 1 is 1.21 bits per heavy atom. The number of carbonyl (C=O) groups is 3. The molecule has 1 rings (SSSR count). The molecule has 0 unspecified atom stereocenters. The molecule has 8 N–H and O–H groups in total. The topological polar surface area (TPSA) is 153 Å². The summed E-state index contributed by atoms with van der Waals surface area (Å²) < 4.78 is 0. The number of nitrogens with one attached hydrogen (secondary N) is 2. The lowest BCUT2D eigenvalue weighted by molar-refractivity contribution is -0.130. The van der Waals surface area contributed by atoms with E-state index >= 15 is 0 Å². The molecule has 0 spiro atoms. The van der Waals surface area contributed by atoms with Crippen LogP contribution in [0, 0.1) is 6.92 Å². The van der Waals surface area contributed by atoms with Crippen molar-refractivity contribution in [2.45, 2.75) is 32.2 Å². The minimum absolute atomic E-state index is 0.205. The summed E-state index contributed by atoms with van der Waals surface area (Å²) in [5.74, 6) is -1.33. The van der Waals surface area contributed by atoms with Crippen LogP contribution in [0.2, 0.25) is 0 Å². The minimum Gasteiger partial charge on any atom is -0.370 e. The summed E-state index contributed by atoms with van der Waals surface area (Å²) in [7, 11) is 4.44. The van der Waals surface area contributed by atoms with E-state index < -0.39 is 17.9 Å². The molecule has 0 bridgehead atoms. The van der Waals surface area contributed by atoms with Crippen LogP contribution >= 0.6 is 11.3 Å². The van der Waals surface area contributed by atoms with Crippen molar-refractivity contribution in [3.8, 4) is 0 Å². The minimum atomic E-state index is -0.908. The second-order valence-corrected chi connectivity index (χ2v) is 5.43. The zero-order valence-electron chi connectivity index (χ0n) is 14.7. The first kappa shape index (κ1) is 24.3. The quantitative estimate of drug-likeness (QED) is 0.433. The summed E-state index contributed by atoms with van der Waals surface area (Å²) in [6.45, 7) is 1.99. The van der Waals surface area contributed by atoms with Gasteiger partial charge in [-0.1, -0.05) is 0 Å². The maximum absolute atomic E-state index is 11.8. The lowest BCUT2D eigenvalue weighted by atomic mass is 10.1. The van der Waals surface area contributed by atoms with Crippen molar-refractivity contribution in [1.82, 2.24) is 10.6 Å². The predicted molar refractivity (Wildman–Crippen MR) is 97.4 cm³/mol. The first-order valence-electron chi connectivity index (χ1n) is 7.41. The number of hydrogen-bond donors (Lipinski definition) is 5. The van der Waals surface area contributed by atoms with E-state index in [1.807, 2.05) is 18.4 Å². The molecule has 0 fully saturated rings. The smallest absolute Gasteiger partial charge is 0.242 e. The van der Waals surface area contributed by atoms with Gasteiger partial charge >= 0.3 is 0 Å². The van der Waals surface area contributed by atoms with Crippen LogP contribution in [0.1, 0.15) is 23.3 Å². The lowest BCUT2D eigenvalue weighted by Crippen LogP contribution is -2.47. The van der Waals surface area contributed by atoms with Gasteiger partial charge in [0, 0.05) is 18.3 Å². The fraction of sp³-hybridized carbons (Fsp3) is 0.533. The highest BCUT2D eigenvalue weighted by atomic mass is 32.1. The normalized spacial score (nSPS) is 10.2. The maximum atomic E-state index is 11.8. The number of likely N-dealkylation sites (N-methyl/N-ethyl adjacent to an activating group) is 1. The summed E-state index contributed by atoms with van der Waals surface area (Å²) in [5.41, 5.74) is 15.2. The van der Waals surface area contributed by atoms with E-state index in [4.69, 9.17) is 5.73 Å². The van der Waals surface area contributed by atoms with Crippen LogP contribution < -0.4 is 27.8 Å². The Hall–Kier alpha value is -1.97. The first-order valence-corrected chi connectivity index (χ1v) is 8.29. The van der Waals surface area contributed by atoms with E-state index in [0.717, 1.165) is 10.4 Å². The van der Waals surface area contributed by atoms with Crippen molar-refractivity contribution in [2.24, 2.45) is 17.2 Å². The van der Waals surface area contributed by atoms with Gasteiger partial charge in [0.25, 0.3) is 0 Å². The van der Waals surface area contributed by atoms with Gasteiger partial charge in [-0.15, -0.1) is 11.3 Å². The molecule has 1 aromatic heterocycles. The standard InChI is InChI=1S/C13H19N3O3S.2CH5N/c1-8-5-6-20-10(8)3-4-12(18)16-9(7-11(14)17)13(19)15-2;2*1-2/h5-6,9H,3-4,7H2,1-2H3,(H2,14,17)(H,15,19)(H,16,18);2*2H2,1H3/t9-;;/m0../s1. The molecule has 0 aromatic carbocycles. The zero-order valence-corrected chi connectivity index (χ0v) is 15.5. The number of aryl methyl sites for hydroxylation is 2. The van der Waals surface area contributed by atoms with E-state index in [9.17, 15) is 14.4 Å². The van der Waals surface area contributed by atoms with E-state index in [-0.39, 0.29) is 18.7 Å². The van der Waals surface area contributed by atoms with E-state index in [2.05, 4.69) is 22.1 Å². The molecule has 0 aliphatic rings. The van der Waals surface area contributed by atoms with Gasteiger partial charge in [-0.25, -0.2) is 0 Å². The fourth-order valence-corrected chi connectivity index (χ4v) is 2.65. The summed E-state index contributed by atoms with van der Waals surface area (Å²) >= 11 is 1.60. The number of hydrogen-bond acceptors (Lipinski definition) is 6. The number of amides is 3. The molecule has 0 saturated heterocycles. The van der Waals surface area contributed by atoms with Crippen LogP contribution in [0.4, 0.5) is 0 Å². The number of primary amides is 1. The molecule has 9 heteroatoms. The number of carbonyl (C=O) groups excluding carboxylic acids is 3. The van der Waals surface area contributed by atoms with Gasteiger partial charge in [0.2, 0.25) is 17.7 Å². The van der Waals surface area contributed by atoms with Gasteiger partial charge < -0.3 is 27.8 Å². The number of nitrogens with two attached hydrogens (primary N) is 3. The van der Waals surface area contributed by atoms with Crippen LogP contribution in [-0.2, 0) is 20.8 Å². The third kappa shape index (κ3) is 9.93. The van der Waals surface area contributed by atoms with Crippen LogP contribution in [0.5, 0.6) is 0 Å². The average molecular weight is 359 g/mol. The van der Waals surface area contributed by atoms with Crippen molar-refractivity contribution in [3.05, 3.63) is 21.9 Å². The third-order valence-corrected chi connectivity index (χ3v) is 3.93. The van der Waals surface area contributed by atoms with Crippen molar-refractivity contribution < 1.29 is 14.4 Å². The zero-order chi connectivity index (χ0) is 19.1. The summed E-state index contributed by atoms with van der Waals surface area (Å²) in [4.78, 5) is 35.4. The monoisotopic (exact) mass is 359 g/mol. The molecule has 24 heavy (non-hydrogen) atoms. The molecule has 3 amide bonds. The van der Waals surface area contributed by atoms with E-state index in [0.29, 0.717) is 6.42 Å². The molecule has 0 aliphatic heterocycles. The van der Waals surface area contributed by atoms with Gasteiger partial charge in [0.05, 0.1) is 6.42 Å². The molecular weight excluding hydrogens is 330 g/mol. The summed E-state index contributed by atoms with van der Waals surface area (Å²) in [5, 5.41) is 6.90. The molecule has 0 aliphatic carbocycles. The summed E-state index contributed by atoms with van der Waals surface area (Å²) in [6.07, 6.45) is 0.684. The molecule has 1 atom stereocenters. The highest BCUT2D eigenvalue weighted by Gasteiger charge is 2.21. The number of thiophene rings is 1. The maximum Gasteiger partial charge on any atom is 0.242 e. The van der Waals surface area contributed by atoms with Crippen LogP contribution in [0.15, 0.2) is 11.4 Å². The first-order chi connectivity index (χ1) is 11.4. The molecular formula is C15H29N5O3S. The molecule has 1 heterocycles. The van der Waals surface area contributed by atoms with E-state index in [1.165, 1.54) is 21.1 Å². The average Bonchev–Trinajstić information content (AvgIpc) is 3.00. The third-order valence-electron chi connectivity index (χ3n) is 2.85. The second kappa shape index (κ2) is 14.6. The SMILES string of the molecule is CN.CN.CNC(=O)[C@H](CC(N)=O)NC(=O)CCc1sccc1C. The van der Waals surface area contributed by atoms with Crippen LogP contribution in [-0.4, -0.2) is 44.9 Å². The molecule has 0 saturated carbocycles. The summed E-state index contributed by atoms with van der Waals surface area (Å²) in [6, 6.07) is 1.09. The van der Waals surface area contributed by atoms with Gasteiger partial charge in [-0.05, 0) is 44.4 Å².